The standard InChI is InChI=1S/C17H27N3O5S/c1-2-18-26(22)7-3-16(4-8-26)11-20(5-6-24-16)10-14-9-15(25-19-14)17(21)12-23-13-17/h9,21H,2-8,10-13H2,1H3. The van der Waals surface area contributed by atoms with Gasteiger partial charge in [0.2, 0.25) is 0 Å². The van der Waals surface area contributed by atoms with E-state index in [0.29, 0.717) is 37.0 Å². The highest BCUT2D eigenvalue weighted by atomic mass is 32.2. The van der Waals surface area contributed by atoms with Crippen LogP contribution in [0, 0.1) is 0 Å². The fraction of sp³-hybridized carbons (Fsp3) is 0.824. The third-order valence-electron chi connectivity index (χ3n) is 5.53. The lowest BCUT2D eigenvalue weighted by molar-refractivity contribution is -0.195. The van der Waals surface area contributed by atoms with Crippen LogP contribution in [0.5, 0.6) is 0 Å². The van der Waals surface area contributed by atoms with E-state index in [0.717, 1.165) is 31.6 Å². The second-order valence-corrected chi connectivity index (χ2v) is 10.2. The molecule has 0 amide bonds. The molecule has 3 aliphatic rings. The molecule has 1 aromatic rings. The maximum Gasteiger partial charge on any atom is 0.173 e. The molecule has 0 aliphatic carbocycles. The summed E-state index contributed by atoms with van der Waals surface area (Å²) in [5.41, 5.74) is -0.447. The monoisotopic (exact) mass is 385 g/mol. The van der Waals surface area contributed by atoms with Gasteiger partial charge in [0.05, 0.1) is 31.1 Å². The van der Waals surface area contributed by atoms with Gasteiger partial charge in [0, 0.05) is 53.5 Å². The van der Waals surface area contributed by atoms with E-state index in [4.69, 9.17) is 14.0 Å². The van der Waals surface area contributed by atoms with Crippen LogP contribution in [0.3, 0.4) is 0 Å². The van der Waals surface area contributed by atoms with Gasteiger partial charge in [-0.3, -0.25) is 4.90 Å². The van der Waals surface area contributed by atoms with Gasteiger partial charge in [0.15, 0.2) is 11.4 Å². The van der Waals surface area contributed by atoms with Gasteiger partial charge < -0.3 is 19.1 Å². The number of ether oxygens (including phenoxy) is 2. The van der Waals surface area contributed by atoms with Gasteiger partial charge in [-0.05, 0) is 19.8 Å². The Morgan fingerprint density at radius 1 is 1.38 bits per heavy atom. The molecule has 1 spiro atoms. The summed E-state index contributed by atoms with van der Waals surface area (Å²) in [6.45, 7) is 6.00. The zero-order valence-corrected chi connectivity index (χ0v) is 16.0. The molecule has 0 radical (unpaired) electrons. The minimum Gasteiger partial charge on any atom is -0.377 e. The molecule has 3 fully saturated rings. The van der Waals surface area contributed by atoms with Crippen LogP contribution in [0.1, 0.15) is 31.2 Å². The lowest BCUT2D eigenvalue weighted by atomic mass is 9.94. The first-order valence-electron chi connectivity index (χ1n) is 9.25. The highest BCUT2D eigenvalue weighted by Crippen LogP contribution is 2.33. The minimum atomic E-state index is -2.04. The Kier molecular flexibility index (Phi) is 4.85. The summed E-state index contributed by atoms with van der Waals surface area (Å²) in [5.74, 6) is 1.71. The number of morpholine rings is 1. The fourth-order valence-corrected chi connectivity index (χ4v) is 6.23. The molecule has 4 heterocycles. The number of hydrogen-bond donors (Lipinski definition) is 1. The van der Waals surface area contributed by atoms with E-state index >= 15 is 0 Å². The maximum absolute atomic E-state index is 12.6. The van der Waals surface area contributed by atoms with Gasteiger partial charge in [-0.2, -0.15) is 0 Å². The summed E-state index contributed by atoms with van der Waals surface area (Å²) < 4.78 is 33.5. The van der Waals surface area contributed by atoms with Crippen molar-refractivity contribution < 1.29 is 23.3 Å². The van der Waals surface area contributed by atoms with Crippen LogP contribution in [0.4, 0.5) is 0 Å². The van der Waals surface area contributed by atoms with Gasteiger partial charge in [0.25, 0.3) is 0 Å². The lowest BCUT2D eigenvalue weighted by Crippen LogP contribution is -2.54. The van der Waals surface area contributed by atoms with Crippen molar-refractivity contribution in [3.63, 3.8) is 0 Å². The van der Waals surface area contributed by atoms with E-state index in [2.05, 4.69) is 14.4 Å². The molecule has 0 bridgehead atoms. The SMILES string of the molecule is CCN=S1(=O)CCC2(CC1)CN(Cc1cc(C3(O)COC3)on1)CCO2. The molecule has 3 aliphatic heterocycles. The average molecular weight is 385 g/mol. The molecule has 26 heavy (non-hydrogen) atoms. The average Bonchev–Trinajstić information content (AvgIpc) is 3.05. The quantitative estimate of drug-likeness (QED) is 0.816. The molecular weight excluding hydrogens is 358 g/mol. The van der Waals surface area contributed by atoms with E-state index in [1.165, 1.54) is 0 Å². The third-order valence-corrected chi connectivity index (χ3v) is 7.94. The van der Waals surface area contributed by atoms with Gasteiger partial charge in [-0.1, -0.05) is 5.16 Å². The predicted molar refractivity (Wildman–Crippen MR) is 95.3 cm³/mol. The molecule has 0 aromatic carbocycles. The van der Waals surface area contributed by atoms with Crippen molar-refractivity contribution in [2.75, 3.05) is 51.0 Å². The molecule has 9 heteroatoms. The molecule has 3 saturated heterocycles. The van der Waals surface area contributed by atoms with Gasteiger partial charge in [-0.15, -0.1) is 0 Å². The summed E-state index contributed by atoms with van der Waals surface area (Å²) in [6.07, 6.45) is 1.57. The summed E-state index contributed by atoms with van der Waals surface area (Å²) in [7, 11) is -2.04. The van der Waals surface area contributed by atoms with E-state index in [1.54, 1.807) is 0 Å². The maximum atomic E-state index is 12.6. The topological polar surface area (TPSA) is 97.4 Å². The molecule has 146 valence electrons. The largest absolute Gasteiger partial charge is 0.377 e. The van der Waals surface area contributed by atoms with Gasteiger partial charge in [0.1, 0.15) is 0 Å². The molecule has 0 saturated carbocycles. The molecule has 4 rings (SSSR count). The van der Waals surface area contributed by atoms with Crippen LogP contribution in [-0.2, 0) is 31.3 Å². The van der Waals surface area contributed by atoms with E-state index in [1.807, 2.05) is 13.0 Å². The normalized spacial score (nSPS) is 34.5. The summed E-state index contributed by atoms with van der Waals surface area (Å²) in [5, 5.41) is 14.4. The van der Waals surface area contributed by atoms with Crippen molar-refractivity contribution in [1.29, 1.82) is 0 Å². The highest BCUT2D eigenvalue weighted by Gasteiger charge is 2.43. The molecule has 8 nitrogen and oxygen atoms in total. The van der Waals surface area contributed by atoms with Crippen molar-refractivity contribution in [2.45, 2.75) is 37.5 Å². The molecule has 1 aromatic heterocycles. The zero-order valence-electron chi connectivity index (χ0n) is 15.2. The Bertz CT molecular complexity index is 752. The van der Waals surface area contributed by atoms with Crippen LogP contribution in [0.15, 0.2) is 15.0 Å². The Labute approximate surface area is 154 Å². The van der Waals surface area contributed by atoms with Crippen molar-refractivity contribution in [3.05, 3.63) is 17.5 Å². The molecule has 0 atom stereocenters. The third kappa shape index (κ3) is 3.55. The van der Waals surface area contributed by atoms with Crippen LogP contribution in [0.25, 0.3) is 0 Å². The Morgan fingerprint density at radius 2 is 2.15 bits per heavy atom. The number of aromatic nitrogens is 1. The Morgan fingerprint density at radius 3 is 2.81 bits per heavy atom. The highest BCUT2D eigenvalue weighted by molar-refractivity contribution is 7.93. The zero-order chi connectivity index (χ0) is 18.3. The van der Waals surface area contributed by atoms with Crippen LogP contribution >= 0.6 is 0 Å². The van der Waals surface area contributed by atoms with Gasteiger partial charge in [-0.25, -0.2) is 8.57 Å². The minimum absolute atomic E-state index is 0.227. The second kappa shape index (κ2) is 6.87. The smallest absolute Gasteiger partial charge is 0.173 e. The molecule has 0 unspecified atom stereocenters. The number of rotatable bonds is 4. The van der Waals surface area contributed by atoms with Crippen LogP contribution in [0.2, 0.25) is 0 Å². The Hall–Kier alpha value is -1.00. The first kappa shape index (κ1) is 18.4. The lowest BCUT2D eigenvalue weighted by Gasteiger charge is -2.45. The number of aliphatic hydroxyl groups is 1. The van der Waals surface area contributed by atoms with Crippen molar-refractivity contribution in [1.82, 2.24) is 10.1 Å². The van der Waals surface area contributed by atoms with E-state index < -0.39 is 15.3 Å². The van der Waals surface area contributed by atoms with Crippen molar-refractivity contribution >= 4 is 9.73 Å². The molecule has 1 N–H and O–H groups in total. The fourth-order valence-electron chi connectivity index (χ4n) is 3.92. The first-order valence-corrected chi connectivity index (χ1v) is 11.1. The first-order chi connectivity index (χ1) is 12.4. The van der Waals surface area contributed by atoms with Crippen LogP contribution in [-0.4, -0.2) is 75.9 Å². The summed E-state index contributed by atoms with van der Waals surface area (Å²) in [6, 6.07) is 1.82. The summed E-state index contributed by atoms with van der Waals surface area (Å²) in [4.78, 5) is 2.30. The summed E-state index contributed by atoms with van der Waals surface area (Å²) >= 11 is 0. The van der Waals surface area contributed by atoms with Crippen LogP contribution < -0.4 is 0 Å². The number of nitrogens with zero attached hydrogens (tertiary/aromatic N) is 3. The van der Waals surface area contributed by atoms with E-state index in [-0.39, 0.29) is 18.8 Å². The predicted octanol–water partition coefficient (Wildman–Crippen LogP) is 0.745. The molecular formula is C17H27N3O5S. The number of hydrogen-bond acceptors (Lipinski definition) is 8. The van der Waals surface area contributed by atoms with Crippen molar-refractivity contribution in [2.24, 2.45) is 4.36 Å². The Balaban J connectivity index is 1.39. The second-order valence-electron chi connectivity index (χ2n) is 7.58. The van der Waals surface area contributed by atoms with Gasteiger partial charge >= 0.3 is 0 Å². The van der Waals surface area contributed by atoms with E-state index in [9.17, 15) is 9.32 Å². The van der Waals surface area contributed by atoms with Crippen molar-refractivity contribution in [3.8, 4) is 0 Å².